The molecule has 0 radical (unpaired) electrons. The van der Waals surface area contributed by atoms with E-state index in [1.165, 1.54) is 24.0 Å². The van der Waals surface area contributed by atoms with Gasteiger partial charge in [-0.15, -0.1) is 0 Å². The van der Waals surface area contributed by atoms with Crippen LogP contribution in [0.3, 0.4) is 0 Å². The molecule has 21 heavy (non-hydrogen) atoms. The molecular weight excluding hydrogens is 329 g/mol. The van der Waals surface area contributed by atoms with Crippen LogP contribution in [-0.4, -0.2) is 12.6 Å². The van der Waals surface area contributed by atoms with Crippen LogP contribution in [0.5, 0.6) is 0 Å². The van der Waals surface area contributed by atoms with Crippen LogP contribution >= 0.6 is 15.9 Å². The Labute approximate surface area is 133 Å². The first-order valence-electron chi connectivity index (χ1n) is 7.44. The van der Waals surface area contributed by atoms with E-state index in [1.807, 2.05) is 18.2 Å². The summed E-state index contributed by atoms with van der Waals surface area (Å²) < 4.78 is 14.2. The molecule has 3 heteroatoms. The Hall–Kier alpha value is -1.19. The van der Waals surface area contributed by atoms with Gasteiger partial charge < -0.3 is 5.32 Å². The number of nitrogens with one attached hydrogen (secondary N) is 1. The number of halogens is 2. The van der Waals surface area contributed by atoms with Gasteiger partial charge in [-0.3, -0.25) is 0 Å². The highest BCUT2D eigenvalue weighted by molar-refractivity contribution is 9.10. The van der Waals surface area contributed by atoms with Gasteiger partial charge in [0.2, 0.25) is 0 Å². The van der Waals surface area contributed by atoms with Crippen LogP contribution in [-0.2, 0) is 6.42 Å². The lowest BCUT2D eigenvalue weighted by Gasteiger charge is -2.20. The van der Waals surface area contributed by atoms with Crippen LogP contribution in [0.1, 0.15) is 29.9 Å². The molecule has 3 rings (SSSR count). The molecule has 1 saturated carbocycles. The van der Waals surface area contributed by atoms with E-state index in [0.717, 1.165) is 17.4 Å². The van der Waals surface area contributed by atoms with E-state index >= 15 is 0 Å². The third-order valence-electron chi connectivity index (χ3n) is 3.97. The number of benzene rings is 2. The number of hydrogen-bond acceptors (Lipinski definition) is 1. The summed E-state index contributed by atoms with van der Waals surface area (Å²) >= 11 is 3.66. The van der Waals surface area contributed by atoms with Crippen molar-refractivity contribution in [2.24, 2.45) is 0 Å². The first-order valence-corrected chi connectivity index (χ1v) is 8.24. The molecule has 1 N–H and O–H groups in total. The van der Waals surface area contributed by atoms with Gasteiger partial charge in [-0.2, -0.15) is 0 Å². The summed E-state index contributed by atoms with van der Waals surface area (Å²) in [6.45, 7) is 0.963. The van der Waals surface area contributed by atoms with Crippen molar-refractivity contribution in [2.75, 3.05) is 6.54 Å². The lowest BCUT2D eigenvalue weighted by atomic mass is 9.92. The molecule has 1 aliphatic carbocycles. The summed E-state index contributed by atoms with van der Waals surface area (Å²) in [5, 5.41) is 3.62. The van der Waals surface area contributed by atoms with Crippen LogP contribution in [0.15, 0.2) is 53.0 Å². The minimum Gasteiger partial charge on any atom is -0.313 e. The van der Waals surface area contributed by atoms with Gasteiger partial charge in [-0.25, -0.2) is 4.39 Å². The molecule has 0 aliphatic heterocycles. The molecule has 2 aromatic rings. The van der Waals surface area contributed by atoms with Crippen molar-refractivity contribution in [1.29, 1.82) is 0 Å². The summed E-state index contributed by atoms with van der Waals surface area (Å²) in [6.07, 6.45) is 3.50. The van der Waals surface area contributed by atoms with E-state index in [4.69, 9.17) is 0 Å². The third-order valence-corrected chi connectivity index (χ3v) is 4.69. The zero-order valence-electron chi connectivity index (χ0n) is 11.9. The summed E-state index contributed by atoms with van der Waals surface area (Å²) in [5.74, 6) is 0.221. The number of hydrogen-bond donors (Lipinski definition) is 1. The summed E-state index contributed by atoms with van der Waals surface area (Å²) in [4.78, 5) is 0. The normalized spacial score (nSPS) is 15.9. The monoisotopic (exact) mass is 347 g/mol. The van der Waals surface area contributed by atoms with Gasteiger partial charge in [0, 0.05) is 23.0 Å². The molecule has 0 heterocycles. The van der Waals surface area contributed by atoms with Crippen LogP contribution in [0.25, 0.3) is 0 Å². The van der Waals surface area contributed by atoms with Gasteiger partial charge in [0.05, 0.1) is 0 Å². The lowest BCUT2D eigenvalue weighted by Crippen LogP contribution is -2.25. The Morgan fingerprint density at radius 3 is 2.48 bits per heavy atom. The third kappa shape index (κ3) is 4.14. The van der Waals surface area contributed by atoms with E-state index < -0.39 is 0 Å². The minimum atomic E-state index is -0.174. The predicted molar refractivity (Wildman–Crippen MR) is 88.0 cm³/mol. The van der Waals surface area contributed by atoms with Crippen molar-refractivity contribution < 1.29 is 4.39 Å². The average Bonchev–Trinajstić information content (AvgIpc) is 3.30. The van der Waals surface area contributed by atoms with E-state index in [9.17, 15) is 4.39 Å². The first kappa shape index (κ1) is 14.7. The Bertz CT molecular complexity index is 592. The van der Waals surface area contributed by atoms with Gasteiger partial charge >= 0.3 is 0 Å². The molecule has 0 aromatic heterocycles. The van der Waals surface area contributed by atoms with E-state index in [0.29, 0.717) is 12.0 Å². The Kier molecular flexibility index (Phi) is 4.71. The molecule has 0 amide bonds. The van der Waals surface area contributed by atoms with Crippen LogP contribution in [0.2, 0.25) is 0 Å². The van der Waals surface area contributed by atoms with E-state index in [1.54, 1.807) is 12.1 Å². The fourth-order valence-electron chi connectivity index (χ4n) is 2.60. The topological polar surface area (TPSA) is 12.0 Å². The van der Waals surface area contributed by atoms with Crippen molar-refractivity contribution in [3.05, 3.63) is 69.9 Å². The second-order valence-corrected chi connectivity index (χ2v) is 6.59. The minimum absolute atomic E-state index is 0.174. The van der Waals surface area contributed by atoms with Crippen LogP contribution in [0.4, 0.5) is 4.39 Å². The van der Waals surface area contributed by atoms with Crippen LogP contribution < -0.4 is 5.32 Å². The highest BCUT2D eigenvalue weighted by Crippen LogP contribution is 2.29. The van der Waals surface area contributed by atoms with E-state index in [2.05, 4.69) is 39.4 Å². The van der Waals surface area contributed by atoms with Gasteiger partial charge in [0.15, 0.2) is 0 Å². The maximum atomic E-state index is 13.1. The molecule has 1 unspecified atom stereocenters. The molecule has 1 atom stereocenters. The SMILES string of the molecule is Fc1ccc(CC(CNC2CC2)c2ccccc2Br)cc1. The zero-order valence-corrected chi connectivity index (χ0v) is 13.4. The average molecular weight is 348 g/mol. The molecule has 0 bridgehead atoms. The quantitative estimate of drug-likeness (QED) is 0.800. The Balaban J connectivity index is 1.77. The first-order chi connectivity index (χ1) is 10.2. The standard InChI is InChI=1S/C18H19BrFN/c19-18-4-2-1-3-17(18)14(12-21-16-9-10-16)11-13-5-7-15(20)8-6-13/h1-8,14,16,21H,9-12H2. The van der Waals surface area contributed by atoms with Crippen LogP contribution in [0, 0.1) is 5.82 Å². The van der Waals surface area contributed by atoms with Crippen molar-refractivity contribution in [2.45, 2.75) is 31.2 Å². The summed E-state index contributed by atoms with van der Waals surface area (Å²) in [6, 6.07) is 15.9. The molecule has 1 aliphatic rings. The molecule has 1 nitrogen and oxygen atoms in total. The lowest BCUT2D eigenvalue weighted by molar-refractivity contribution is 0.574. The Morgan fingerprint density at radius 2 is 1.81 bits per heavy atom. The fourth-order valence-corrected chi connectivity index (χ4v) is 3.21. The Morgan fingerprint density at radius 1 is 1.10 bits per heavy atom. The fraction of sp³-hybridized carbons (Fsp3) is 0.333. The molecule has 110 valence electrons. The highest BCUT2D eigenvalue weighted by Gasteiger charge is 2.23. The second kappa shape index (κ2) is 6.71. The van der Waals surface area contributed by atoms with Gasteiger partial charge in [-0.1, -0.05) is 46.3 Å². The maximum absolute atomic E-state index is 13.1. The molecule has 1 fully saturated rings. The highest BCUT2D eigenvalue weighted by atomic mass is 79.9. The summed E-state index contributed by atoms with van der Waals surface area (Å²) in [5.41, 5.74) is 2.49. The smallest absolute Gasteiger partial charge is 0.123 e. The largest absolute Gasteiger partial charge is 0.313 e. The van der Waals surface area contributed by atoms with Crippen molar-refractivity contribution in [1.82, 2.24) is 5.32 Å². The molecule has 0 saturated heterocycles. The molecule has 0 spiro atoms. The van der Waals surface area contributed by atoms with Crippen molar-refractivity contribution in [3.8, 4) is 0 Å². The van der Waals surface area contributed by atoms with E-state index in [-0.39, 0.29) is 5.82 Å². The zero-order chi connectivity index (χ0) is 14.7. The summed E-state index contributed by atoms with van der Waals surface area (Å²) in [7, 11) is 0. The second-order valence-electron chi connectivity index (χ2n) is 5.73. The maximum Gasteiger partial charge on any atom is 0.123 e. The molecular formula is C18H19BrFN. The van der Waals surface area contributed by atoms with Gasteiger partial charge in [-0.05, 0) is 48.6 Å². The van der Waals surface area contributed by atoms with Gasteiger partial charge in [0.25, 0.3) is 0 Å². The predicted octanol–water partition coefficient (Wildman–Crippen LogP) is 4.67. The molecule has 2 aromatic carbocycles. The van der Waals surface area contributed by atoms with Crippen molar-refractivity contribution in [3.63, 3.8) is 0 Å². The van der Waals surface area contributed by atoms with Gasteiger partial charge in [0.1, 0.15) is 5.82 Å². The number of rotatable bonds is 6. The van der Waals surface area contributed by atoms with Crippen molar-refractivity contribution >= 4 is 15.9 Å².